The number of hydrogen-bond acceptors (Lipinski definition) is 6. The fourth-order valence-electron chi connectivity index (χ4n) is 1.79. The summed E-state index contributed by atoms with van der Waals surface area (Å²) in [5.41, 5.74) is 1.56. The largest absolute Gasteiger partial charge is 0.338 e. The van der Waals surface area contributed by atoms with E-state index in [4.69, 9.17) is 4.52 Å². The lowest BCUT2D eigenvalue weighted by atomic mass is 10.1. The Morgan fingerprint density at radius 3 is 2.52 bits per heavy atom. The highest BCUT2D eigenvalue weighted by Gasteiger charge is 2.15. The fourth-order valence-corrected chi connectivity index (χ4v) is 1.79. The van der Waals surface area contributed by atoms with Gasteiger partial charge in [0, 0.05) is 18.0 Å². The Morgan fingerprint density at radius 2 is 1.81 bits per heavy atom. The van der Waals surface area contributed by atoms with Crippen molar-refractivity contribution >= 4 is 5.78 Å². The van der Waals surface area contributed by atoms with E-state index in [0.717, 1.165) is 5.56 Å². The number of benzene rings is 1. The minimum atomic E-state index is -0.0735. The normalized spacial score (nSPS) is 10.5. The van der Waals surface area contributed by atoms with E-state index in [-0.39, 0.29) is 23.9 Å². The molecule has 0 saturated carbocycles. The van der Waals surface area contributed by atoms with Crippen LogP contribution in [0.4, 0.5) is 0 Å². The predicted octanol–water partition coefficient (Wildman–Crippen LogP) is 2.26. The van der Waals surface area contributed by atoms with Gasteiger partial charge in [0.1, 0.15) is 0 Å². The number of rotatable bonds is 4. The first kappa shape index (κ1) is 13.1. The molecule has 0 saturated heterocycles. The molecule has 0 aliphatic carbocycles. The molecule has 0 N–H and O–H groups in total. The molecule has 0 atom stereocenters. The number of hydrogen-bond donors (Lipinski definition) is 0. The minimum absolute atomic E-state index is 0.0584. The molecule has 2 heterocycles. The quantitative estimate of drug-likeness (QED) is 0.682. The molecular weight excluding hydrogens is 268 g/mol. The van der Waals surface area contributed by atoms with Crippen LogP contribution in [-0.2, 0) is 6.42 Å². The molecule has 3 aromatic rings. The highest BCUT2D eigenvalue weighted by Crippen LogP contribution is 2.12. The Morgan fingerprint density at radius 1 is 1.10 bits per heavy atom. The van der Waals surface area contributed by atoms with E-state index in [0.29, 0.717) is 11.4 Å². The van der Waals surface area contributed by atoms with Gasteiger partial charge in [-0.2, -0.15) is 4.98 Å². The zero-order chi connectivity index (χ0) is 14.7. The van der Waals surface area contributed by atoms with Crippen molar-refractivity contribution in [3.8, 4) is 11.6 Å². The number of carbonyl (C=O) groups excluding carboxylic acids is 1. The second kappa shape index (κ2) is 5.62. The molecule has 0 spiro atoms. The van der Waals surface area contributed by atoms with Gasteiger partial charge in [0.2, 0.25) is 17.5 Å². The summed E-state index contributed by atoms with van der Waals surface area (Å²) in [6, 6.07) is 8.99. The standard InChI is InChI=1S/C15H12N4O2/c1-10-8-16-14(17-9-10)15-18-13(21-19-15)7-12(20)11-5-3-2-4-6-11/h2-6,8-9H,7H2,1H3. The topological polar surface area (TPSA) is 81.8 Å². The van der Waals surface area contributed by atoms with E-state index >= 15 is 0 Å². The molecule has 104 valence electrons. The lowest BCUT2D eigenvalue weighted by molar-refractivity contribution is 0.0983. The van der Waals surface area contributed by atoms with Crippen LogP contribution in [0.5, 0.6) is 0 Å². The lowest BCUT2D eigenvalue weighted by Gasteiger charge is -1.96. The Kier molecular flexibility index (Phi) is 3.51. The van der Waals surface area contributed by atoms with Crippen LogP contribution in [0.25, 0.3) is 11.6 Å². The molecule has 21 heavy (non-hydrogen) atoms. The van der Waals surface area contributed by atoms with Crippen LogP contribution in [0, 0.1) is 6.92 Å². The predicted molar refractivity (Wildman–Crippen MR) is 74.5 cm³/mol. The van der Waals surface area contributed by atoms with E-state index in [2.05, 4.69) is 20.1 Å². The van der Waals surface area contributed by atoms with Gasteiger partial charge in [0.25, 0.3) is 0 Å². The third-order valence-electron chi connectivity index (χ3n) is 2.86. The van der Waals surface area contributed by atoms with Gasteiger partial charge < -0.3 is 4.52 Å². The van der Waals surface area contributed by atoms with Crippen molar-refractivity contribution in [2.45, 2.75) is 13.3 Å². The van der Waals surface area contributed by atoms with Gasteiger partial charge in [0.05, 0.1) is 6.42 Å². The van der Waals surface area contributed by atoms with Gasteiger partial charge >= 0.3 is 0 Å². The van der Waals surface area contributed by atoms with Gasteiger partial charge in [-0.15, -0.1) is 0 Å². The summed E-state index contributed by atoms with van der Waals surface area (Å²) in [5, 5.41) is 3.80. The molecule has 0 radical (unpaired) electrons. The van der Waals surface area contributed by atoms with Gasteiger partial charge in [0.15, 0.2) is 5.78 Å². The summed E-state index contributed by atoms with van der Waals surface area (Å²) in [6.07, 6.45) is 3.41. The van der Waals surface area contributed by atoms with Crippen LogP contribution in [0.2, 0.25) is 0 Å². The van der Waals surface area contributed by atoms with Crippen molar-refractivity contribution in [1.82, 2.24) is 20.1 Å². The van der Waals surface area contributed by atoms with E-state index in [1.165, 1.54) is 0 Å². The maximum Gasteiger partial charge on any atom is 0.240 e. The number of Topliss-reactive ketones (excluding diaryl/α,β-unsaturated/α-hetero) is 1. The third-order valence-corrected chi connectivity index (χ3v) is 2.86. The molecule has 0 unspecified atom stereocenters. The maximum absolute atomic E-state index is 12.0. The molecule has 2 aromatic heterocycles. The zero-order valence-corrected chi connectivity index (χ0v) is 11.4. The average Bonchev–Trinajstić information content (AvgIpc) is 2.97. The maximum atomic E-state index is 12.0. The van der Waals surface area contributed by atoms with Crippen molar-refractivity contribution < 1.29 is 9.32 Å². The first-order chi connectivity index (χ1) is 10.2. The zero-order valence-electron chi connectivity index (χ0n) is 11.4. The molecule has 0 aliphatic rings. The summed E-state index contributed by atoms with van der Waals surface area (Å²) in [6.45, 7) is 1.89. The molecule has 0 aliphatic heterocycles. The van der Waals surface area contributed by atoms with Crippen molar-refractivity contribution in [2.24, 2.45) is 0 Å². The molecule has 0 amide bonds. The van der Waals surface area contributed by atoms with E-state index < -0.39 is 0 Å². The Balaban J connectivity index is 1.76. The van der Waals surface area contributed by atoms with Crippen LogP contribution in [0.3, 0.4) is 0 Å². The Hall–Kier alpha value is -2.89. The molecule has 6 heteroatoms. The molecule has 6 nitrogen and oxygen atoms in total. The summed E-state index contributed by atoms with van der Waals surface area (Å²) in [7, 11) is 0. The van der Waals surface area contributed by atoms with Crippen molar-refractivity contribution in [3.63, 3.8) is 0 Å². The molecule has 0 bridgehead atoms. The Labute approximate surface area is 120 Å². The first-order valence-corrected chi connectivity index (χ1v) is 6.42. The van der Waals surface area contributed by atoms with Crippen molar-refractivity contribution in [2.75, 3.05) is 0 Å². The Bertz CT molecular complexity index is 751. The van der Waals surface area contributed by atoms with E-state index in [1.54, 1.807) is 24.5 Å². The van der Waals surface area contributed by atoms with Gasteiger partial charge in [-0.25, -0.2) is 9.97 Å². The molecule has 1 aromatic carbocycles. The highest BCUT2D eigenvalue weighted by atomic mass is 16.5. The number of nitrogens with zero attached hydrogens (tertiary/aromatic N) is 4. The lowest BCUT2D eigenvalue weighted by Crippen LogP contribution is -2.03. The van der Waals surface area contributed by atoms with E-state index in [9.17, 15) is 4.79 Å². The highest BCUT2D eigenvalue weighted by molar-refractivity contribution is 5.96. The van der Waals surface area contributed by atoms with Crippen LogP contribution >= 0.6 is 0 Å². The number of ketones is 1. The summed E-state index contributed by atoms with van der Waals surface area (Å²) in [4.78, 5) is 24.4. The number of carbonyl (C=O) groups is 1. The minimum Gasteiger partial charge on any atom is -0.338 e. The number of aromatic nitrogens is 4. The fraction of sp³-hybridized carbons (Fsp3) is 0.133. The monoisotopic (exact) mass is 280 g/mol. The summed E-state index contributed by atoms with van der Waals surface area (Å²) in [5.74, 6) is 0.840. The molecule has 3 rings (SSSR count). The van der Waals surface area contributed by atoms with Gasteiger partial charge in [-0.1, -0.05) is 35.5 Å². The van der Waals surface area contributed by atoms with Crippen LogP contribution < -0.4 is 0 Å². The first-order valence-electron chi connectivity index (χ1n) is 6.42. The third kappa shape index (κ3) is 3.00. The molecular formula is C15H12N4O2. The summed E-state index contributed by atoms with van der Waals surface area (Å²) >= 11 is 0. The summed E-state index contributed by atoms with van der Waals surface area (Å²) < 4.78 is 5.08. The van der Waals surface area contributed by atoms with Crippen LogP contribution in [-0.4, -0.2) is 25.9 Å². The smallest absolute Gasteiger partial charge is 0.240 e. The van der Waals surface area contributed by atoms with Gasteiger partial charge in [-0.05, 0) is 12.5 Å². The van der Waals surface area contributed by atoms with E-state index in [1.807, 2.05) is 25.1 Å². The second-order valence-electron chi connectivity index (χ2n) is 4.56. The SMILES string of the molecule is Cc1cnc(-c2noc(CC(=O)c3ccccc3)n2)nc1. The average molecular weight is 280 g/mol. The van der Waals surface area contributed by atoms with Crippen molar-refractivity contribution in [3.05, 3.63) is 59.7 Å². The van der Waals surface area contributed by atoms with Crippen molar-refractivity contribution in [1.29, 1.82) is 0 Å². The second-order valence-corrected chi connectivity index (χ2v) is 4.56. The van der Waals surface area contributed by atoms with Crippen LogP contribution in [0.15, 0.2) is 47.2 Å². The van der Waals surface area contributed by atoms with Gasteiger partial charge in [-0.3, -0.25) is 4.79 Å². The molecule has 0 fully saturated rings. The van der Waals surface area contributed by atoms with Crippen LogP contribution in [0.1, 0.15) is 21.8 Å². The number of aryl methyl sites for hydroxylation is 1.